The van der Waals surface area contributed by atoms with E-state index in [0.717, 1.165) is 32.5 Å². The fourth-order valence-corrected chi connectivity index (χ4v) is 3.09. The number of hydrogen-bond donors (Lipinski definition) is 1. The molecule has 1 N–H and O–H groups in total. The number of benzene rings is 1. The van der Waals surface area contributed by atoms with Crippen LogP contribution in [0.4, 0.5) is 0 Å². The molecule has 116 valence electrons. The summed E-state index contributed by atoms with van der Waals surface area (Å²) >= 11 is 0. The number of rotatable bonds is 3. The van der Waals surface area contributed by atoms with Crippen molar-refractivity contribution >= 4 is 18.3 Å². The van der Waals surface area contributed by atoms with Crippen LogP contribution in [-0.4, -0.2) is 49.7 Å². The van der Waals surface area contributed by atoms with Crippen molar-refractivity contribution in [1.29, 1.82) is 0 Å². The van der Waals surface area contributed by atoms with Crippen LogP contribution in [0.25, 0.3) is 0 Å². The zero-order valence-corrected chi connectivity index (χ0v) is 13.0. The van der Waals surface area contributed by atoms with Gasteiger partial charge in [0.05, 0.1) is 13.2 Å². The lowest BCUT2D eigenvalue weighted by molar-refractivity contribution is -0.135. The van der Waals surface area contributed by atoms with Crippen molar-refractivity contribution in [3.8, 4) is 0 Å². The molecule has 2 heterocycles. The van der Waals surface area contributed by atoms with Gasteiger partial charge in [-0.25, -0.2) is 0 Å². The van der Waals surface area contributed by atoms with Gasteiger partial charge < -0.3 is 15.0 Å². The first-order valence-corrected chi connectivity index (χ1v) is 7.47. The monoisotopic (exact) mass is 310 g/mol. The summed E-state index contributed by atoms with van der Waals surface area (Å²) in [5.74, 6) is 0.797. The predicted octanol–water partition coefficient (Wildman–Crippen LogP) is 1.49. The predicted molar refractivity (Wildman–Crippen MR) is 84.7 cm³/mol. The highest BCUT2D eigenvalue weighted by molar-refractivity contribution is 5.85. The lowest BCUT2D eigenvalue weighted by Gasteiger charge is -2.27. The Balaban J connectivity index is 0.00000161. The lowest BCUT2D eigenvalue weighted by Crippen LogP contribution is -2.52. The van der Waals surface area contributed by atoms with Gasteiger partial charge in [0.1, 0.15) is 6.04 Å². The third-order valence-corrected chi connectivity index (χ3v) is 4.18. The van der Waals surface area contributed by atoms with E-state index in [0.29, 0.717) is 19.1 Å². The number of nitrogens with zero attached hydrogens (tertiary/aromatic N) is 1. The molecule has 1 aromatic rings. The average Bonchev–Trinajstić information content (AvgIpc) is 2.97. The van der Waals surface area contributed by atoms with Gasteiger partial charge in [0.15, 0.2) is 0 Å². The van der Waals surface area contributed by atoms with Gasteiger partial charge in [-0.05, 0) is 24.3 Å². The van der Waals surface area contributed by atoms with Crippen molar-refractivity contribution in [2.24, 2.45) is 5.92 Å². The number of carbonyl (C=O) groups is 1. The number of hydrogen-bond acceptors (Lipinski definition) is 3. The second-order valence-corrected chi connectivity index (χ2v) is 5.71. The van der Waals surface area contributed by atoms with Gasteiger partial charge in [-0.2, -0.15) is 0 Å². The maximum atomic E-state index is 12.4. The van der Waals surface area contributed by atoms with Crippen molar-refractivity contribution in [1.82, 2.24) is 10.2 Å². The minimum atomic E-state index is -0.140. The Kier molecular flexibility index (Phi) is 6.03. The van der Waals surface area contributed by atoms with E-state index in [-0.39, 0.29) is 24.4 Å². The number of amides is 1. The second kappa shape index (κ2) is 7.78. The highest BCUT2D eigenvalue weighted by atomic mass is 35.5. The van der Waals surface area contributed by atoms with Gasteiger partial charge in [-0.15, -0.1) is 12.4 Å². The molecule has 5 heteroatoms. The molecule has 21 heavy (non-hydrogen) atoms. The quantitative estimate of drug-likeness (QED) is 0.919. The first-order chi connectivity index (χ1) is 9.83. The van der Waals surface area contributed by atoms with Crippen LogP contribution in [0.1, 0.15) is 12.0 Å². The Hall–Kier alpha value is -1.10. The molecule has 3 rings (SSSR count). The van der Waals surface area contributed by atoms with E-state index >= 15 is 0 Å². The highest BCUT2D eigenvalue weighted by Crippen LogP contribution is 2.21. The smallest absolute Gasteiger partial charge is 0.242 e. The number of ether oxygens (including phenoxy) is 1. The zero-order chi connectivity index (χ0) is 13.8. The molecule has 2 saturated heterocycles. The first-order valence-electron chi connectivity index (χ1n) is 7.47. The van der Waals surface area contributed by atoms with Crippen LogP contribution >= 0.6 is 12.4 Å². The summed E-state index contributed by atoms with van der Waals surface area (Å²) in [5.41, 5.74) is 1.37. The van der Waals surface area contributed by atoms with E-state index in [4.69, 9.17) is 4.74 Å². The van der Waals surface area contributed by atoms with E-state index in [2.05, 4.69) is 29.6 Å². The highest BCUT2D eigenvalue weighted by Gasteiger charge is 2.31. The van der Waals surface area contributed by atoms with Gasteiger partial charge in [0, 0.05) is 19.6 Å². The number of carbonyl (C=O) groups excluding carboxylic acids is 1. The van der Waals surface area contributed by atoms with Gasteiger partial charge in [0.25, 0.3) is 0 Å². The molecule has 2 aliphatic heterocycles. The molecule has 2 aliphatic rings. The Bertz CT molecular complexity index is 449. The first kappa shape index (κ1) is 16.3. The van der Waals surface area contributed by atoms with Crippen molar-refractivity contribution in [2.45, 2.75) is 18.9 Å². The van der Waals surface area contributed by atoms with E-state index in [1.54, 1.807) is 0 Å². The largest absolute Gasteiger partial charge is 0.378 e. The van der Waals surface area contributed by atoms with Gasteiger partial charge in [-0.3, -0.25) is 4.79 Å². The van der Waals surface area contributed by atoms with Crippen LogP contribution in [0, 0.1) is 5.92 Å². The lowest BCUT2D eigenvalue weighted by atomic mass is 9.99. The van der Waals surface area contributed by atoms with Crippen LogP contribution in [0.3, 0.4) is 0 Å². The molecule has 0 saturated carbocycles. The molecule has 0 radical (unpaired) electrons. The van der Waals surface area contributed by atoms with Crippen molar-refractivity contribution < 1.29 is 9.53 Å². The van der Waals surface area contributed by atoms with Crippen molar-refractivity contribution in [3.63, 3.8) is 0 Å². The molecule has 0 aromatic heterocycles. The molecule has 1 amide bonds. The Morgan fingerprint density at radius 1 is 1.33 bits per heavy atom. The number of morpholine rings is 1. The van der Waals surface area contributed by atoms with Gasteiger partial charge >= 0.3 is 0 Å². The van der Waals surface area contributed by atoms with Crippen molar-refractivity contribution in [2.75, 3.05) is 32.8 Å². The minimum Gasteiger partial charge on any atom is -0.378 e. The molecular formula is C16H23ClN2O2. The summed E-state index contributed by atoms with van der Waals surface area (Å²) in [4.78, 5) is 14.4. The number of nitrogens with one attached hydrogen (secondary N) is 1. The topological polar surface area (TPSA) is 41.6 Å². The van der Waals surface area contributed by atoms with Crippen LogP contribution in [0.5, 0.6) is 0 Å². The summed E-state index contributed by atoms with van der Waals surface area (Å²) in [6, 6.07) is 10.4. The van der Waals surface area contributed by atoms with E-state index < -0.39 is 0 Å². The molecule has 0 bridgehead atoms. The fourth-order valence-electron chi connectivity index (χ4n) is 3.09. The van der Waals surface area contributed by atoms with Gasteiger partial charge in [-0.1, -0.05) is 30.3 Å². The summed E-state index contributed by atoms with van der Waals surface area (Å²) in [6.07, 6.45) is 2.17. The van der Waals surface area contributed by atoms with Crippen LogP contribution in [-0.2, 0) is 16.0 Å². The summed E-state index contributed by atoms with van der Waals surface area (Å²) in [5, 5.41) is 3.24. The Morgan fingerprint density at radius 2 is 2.14 bits per heavy atom. The second-order valence-electron chi connectivity index (χ2n) is 5.71. The van der Waals surface area contributed by atoms with Crippen molar-refractivity contribution in [3.05, 3.63) is 35.9 Å². The molecule has 0 spiro atoms. The fraction of sp³-hybridized carbons (Fsp3) is 0.562. The van der Waals surface area contributed by atoms with E-state index in [1.165, 1.54) is 5.56 Å². The van der Waals surface area contributed by atoms with Crippen LogP contribution in [0.2, 0.25) is 0 Å². The average molecular weight is 311 g/mol. The van der Waals surface area contributed by atoms with E-state index in [1.807, 2.05) is 11.0 Å². The van der Waals surface area contributed by atoms with Gasteiger partial charge in [0.2, 0.25) is 5.91 Å². The molecule has 2 unspecified atom stereocenters. The normalized spacial score (nSPS) is 25.4. The molecular weight excluding hydrogens is 288 g/mol. The van der Waals surface area contributed by atoms with Crippen LogP contribution in [0.15, 0.2) is 30.3 Å². The molecule has 4 nitrogen and oxygen atoms in total. The van der Waals surface area contributed by atoms with E-state index in [9.17, 15) is 4.79 Å². The molecule has 2 atom stereocenters. The number of likely N-dealkylation sites (tertiary alicyclic amines) is 1. The number of halogens is 1. The molecule has 1 aromatic carbocycles. The third-order valence-electron chi connectivity index (χ3n) is 4.18. The third kappa shape index (κ3) is 4.19. The standard InChI is InChI=1S/C16H22N2O2.ClH/c19-16(15-12-20-9-7-17-15)18-8-6-14(11-18)10-13-4-2-1-3-5-13;/h1-5,14-15,17H,6-12H2;1H. The molecule has 2 fully saturated rings. The summed E-state index contributed by atoms with van der Waals surface area (Å²) in [7, 11) is 0. The SMILES string of the molecule is Cl.O=C(C1COCCN1)N1CCC(Cc2ccccc2)C1. The summed E-state index contributed by atoms with van der Waals surface area (Å²) in [6.45, 7) is 3.76. The molecule has 0 aliphatic carbocycles. The minimum absolute atomic E-state index is 0. The maximum Gasteiger partial charge on any atom is 0.242 e. The zero-order valence-electron chi connectivity index (χ0n) is 12.2. The Labute approximate surface area is 132 Å². The van der Waals surface area contributed by atoms with Crippen LogP contribution < -0.4 is 5.32 Å². The maximum absolute atomic E-state index is 12.4. The Morgan fingerprint density at radius 3 is 2.86 bits per heavy atom. The summed E-state index contributed by atoms with van der Waals surface area (Å²) < 4.78 is 5.38.